The predicted molar refractivity (Wildman–Crippen MR) is 153 cm³/mol. The zero-order valence-corrected chi connectivity index (χ0v) is 22.6. The van der Waals surface area contributed by atoms with Crippen molar-refractivity contribution >= 4 is 11.2 Å². The molecule has 1 N–H and O–H groups in total. The van der Waals surface area contributed by atoms with Crippen LogP contribution in [0.3, 0.4) is 0 Å². The molecule has 0 atom stereocenters. The van der Waals surface area contributed by atoms with E-state index in [1.807, 2.05) is 31.2 Å². The molecule has 0 fully saturated rings. The third-order valence-electron chi connectivity index (χ3n) is 7.20. The van der Waals surface area contributed by atoms with Crippen molar-refractivity contribution in [2.45, 2.75) is 46.1 Å². The summed E-state index contributed by atoms with van der Waals surface area (Å²) in [6.45, 7) is 4.91. The smallest absolute Gasteiger partial charge is 0.205 e. The minimum Gasteiger partial charge on any atom is -0.619 e. The second kappa shape index (κ2) is 11.1. The number of pyridine rings is 2. The van der Waals surface area contributed by atoms with Gasteiger partial charge >= 0.3 is 0 Å². The highest BCUT2D eigenvalue weighted by molar-refractivity contribution is 5.80. The molecule has 9 heteroatoms. The molecule has 6 rings (SSSR count). The molecule has 200 valence electrons. The van der Waals surface area contributed by atoms with E-state index in [-0.39, 0.29) is 0 Å². The molecular formula is C31H30N8O. The molecule has 0 radical (unpaired) electrons. The van der Waals surface area contributed by atoms with Crippen LogP contribution < -0.4 is 4.73 Å². The van der Waals surface area contributed by atoms with Crippen molar-refractivity contribution in [1.29, 1.82) is 0 Å². The predicted octanol–water partition coefficient (Wildman–Crippen LogP) is 5.20. The lowest BCUT2D eigenvalue weighted by atomic mass is 9.98. The molecule has 0 saturated carbocycles. The quantitative estimate of drug-likeness (QED) is 0.203. The first-order valence-corrected chi connectivity index (χ1v) is 13.5. The Morgan fingerprint density at radius 1 is 0.950 bits per heavy atom. The molecule has 0 amide bonds. The van der Waals surface area contributed by atoms with Gasteiger partial charge in [0.15, 0.2) is 18.0 Å². The zero-order valence-electron chi connectivity index (χ0n) is 22.6. The number of unbranched alkanes of at least 4 members (excludes halogenated alkanes) is 1. The van der Waals surface area contributed by atoms with E-state index in [2.05, 4.69) is 68.5 Å². The average molecular weight is 531 g/mol. The van der Waals surface area contributed by atoms with Crippen molar-refractivity contribution in [3.05, 3.63) is 113 Å². The van der Waals surface area contributed by atoms with E-state index in [0.717, 1.165) is 74.5 Å². The lowest BCUT2D eigenvalue weighted by molar-refractivity contribution is -0.605. The van der Waals surface area contributed by atoms with E-state index in [0.29, 0.717) is 18.8 Å². The third-order valence-corrected chi connectivity index (χ3v) is 7.20. The molecule has 4 aromatic heterocycles. The maximum atomic E-state index is 11.7. The van der Waals surface area contributed by atoms with Crippen LogP contribution in [0.2, 0.25) is 0 Å². The van der Waals surface area contributed by atoms with Gasteiger partial charge in [-0.1, -0.05) is 61.9 Å². The number of imidazole rings is 1. The molecule has 40 heavy (non-hydrogen) atoms. The lowest BCUT2D eigenvalue weighted by Gasteiger charge is -2.12. The van der Waals surface area contributed by atoms with Gasteiger partial charge in [0.2, 0.25) is 5.82 Å². The molecule has 0 saturated heterocycles. The van der Waals surface area contributed by atoms with Crippen LogP contribution in [0.5, 0.6) is 0 Å². The first-order valence-electron chi connectivity index (χ1n) is 13.5. The molecule has 0 unspecified atom stereocenters. The number of benzene rings is 2. The Bertz CT molecular complexity index is 1760. The van der Waals surface area contributed by atoms with E-state index in [1.54, 1.807) is 12.3 Å². The van der Waals surface area contributed by atoms with Gasteiger partial charge in [0, 0.05) is 35.7 Å². The summed E-state index contributed by atoms with van der Waals surface area (Å²) in [5.74, 6) is 1.62. The number of aromatic amines is 1. The summed E-state index contributed by atoms with van der Waals surface area (Å²) in [6.07, 6.45) is 6.80. The van der Waals surface area contributed by atoms with Crippen molar-refractivity contribution in [1.82, 2.24) is 35.2 Å². The number of hydrogen-bond acceptors (Lipinski definition) is 6. The van der Waals surface area contributed by atoms with Crippen molar-refractivity contribution in [2.24, 2.45) is 0 Å². The molecule has 0 aliphatic carbocycles. The molecule has 4 heterocycles. The minimum absolute atomic E-state index is 0.574. The molecule has 0 bridgehead atoms. The molecule has 0 aliphatic rings. The number of rotatable bonds is 9. The summed E-state index contributed by atoms with van der Waals surface area (Å²) in [5.41, 5.74) is 9.01. The van der Waals surface area contributed by atoms with Gasteiger partial charge in [0.05, 0.1) is 6.54 Å². The van der Waals surface area contributed by atoms with E-state index >= 15 is 0 Å². The Hall–Kier alpha value is -4.92. The first-order chi connectivity index (χ1) is 19.6. The van der Waals surface area contributed by atoms with Crippen molar-refractivity contribution in [3.8, 4) is 22.5 Å². The molecule has 6 aromatic rings. The molecule has 0 spiro atoms. The fraction of sp³-hybridized carbons (Fsp3) is 0.226. The minimum atomic E-state index is 0.574. The fourth-order valence-electron chi connectivity index (χ4n) is 5.10. The van der Waals surface area contributed by atoms with E-state index < -0.39 is 0 Å². The van der Waals surface area contributed by atoms with Crippen molar-refractivity contribution in [2.75, 3.05) is 0 Å². The molecule has 0 aliphatic heterocycles. The molecule has 9 nitrogen and oxygen atoms in total. The number of tetrazole rings is 1. The number of hydrogen-bond donors (Lipinski definition) is 1. The Morgan fingerprint density at radius 3 is 2.52 bits per heavy atom. The number of nitrogens with zero attached hydrogens (tertiary/aromatic N) is 7. The number of H-pyrrole nitrogens is 1. The van der Waals surface area contributed by atoms with Crippen LogP contribution in [0, 0.1) is 12.1 Å². The van der Waals surface area contributed by atoms with Crippen LogP contribution in [-0.4, -0.2) is 35.2 Å². The van der Waals surface area contributed by atoms with Gasteiger partial charge in [-0.2, -0.15) is 9.94 Å². The van der Waals surface area contributed by atoms with Crippen molar-refractivity contribution in [3.63, 3.8) is 0 Å². The van der Waals surface area contributed by atoms with Gasteiger partial charge in [-0.05, 0) is 52.9 Å². The molecular weight excluding hydrogens is 500 g/mol. The second-order valence-corrected chi connectivity index (χ2v) is 10.0. The maximum Gasteiger partial charge on any atom is 0.205 e. The van der Waals surface area contributed by atoms with Gasteiger partial charge in [0.1, 0.15) is 11.3 Å². The van der Waals surface area contributed by atoms with E-state index in [1.165, 1.54) is 11.8 Å². The van der Waals surface area contributed by atoms with Crippen LogP contribution in [-0.2, 0) is 19.4 Å². The summed E-state index contributed by atoms with van der Waals surface area (Å²) in [5, 5.41) is 26.3. The summed E-state index contributed by atoms with van der Waals surface area (Å²) in [6, 6.07) is 22.5. The maximum absolute atomic E-state index is 11.7. The zero-order chi connectivity index (χ0) is 27.5. The topological polar surface area (TPSA) is 112 Å². The van der Waals surface area contributed by atoms with Gasteiger partial charge in [-0.15, -0.1) is 10.2 Å². The third kappa shape index (κ3) is 5.18. The van der Waals surface area contributed by atoms with Crippen molar-refractivity contribution < 1.29 is 4.73 Å². The summed E-state index contributed by atoms with van der Waals surface area (Å²) in [4.78, 5) is 10.0. The highest BCUT2D eigenvalue weighted by Gasteiger charge is 2.16. The van der Waals surface area contributed by atoms with Gasteiger partial charge < -0.3 is 9.77 Å². The van der Waals surface area contributed by atoms with Crippen LogP contribution in [0.25, 0.3) is 33.7 Å². The highest BCUT2D eigenvalue weighted by Crippen LogP contribution is 2.30. The summed E-state index contributed by atoms with van der Waals surface area (Å²) >= 11 is 0. The number of nitrogens with one attached hydrogen (secondary N) is 1. The van der Waals surface area contributed by atoms with Crippen LogP contribution >= 0.6 is 0 Å². The SMILES string of the molecule is CCCCc1nc2cc(Cc3ccc[n+]([O-])c3)c(C)nc2n1Cc1ccc(-c2ccccc2-c2nn[nH]n2)cc1. The monoisotopic (exact) mass is 530 g/mol. The van der Waals surface area contributed by atoms with Crippen LogP contribution in [0.15, 0.2) is 79.1 Å². The average Bonchev–Trinajstić information content (AvgIpc) is 3.61. The largest absolute Gasteiger partial charge is 0.619 e. The van der Waals surface area contributed by atoms with Gasteiger partial charge in [-0.3, -0.25) is 0 Å². The van der Waals surface area contributed by atoms with Gasteiger partial charge in [0.25, 0.3) is 0 Å². The normalized spacial score (nSPS) is 11.3. The number of aryl methyl sites for hydroxylation is 2. The Morgan fingerprint density at radius 2 is 1.77 bits per heavy atom. The fourth-order valence-corrected chi connectivity index (χ4v) is 5.10. The Balaban J connectivity index is 1.32. The standard InChI is InChI=1S/C31H30N8O/c1-3-4-11-29-33-28-18-25(17-23-8-7-16-38(40)19-23)21(2)32-31(28)39(29)20-22-12-14-24(15-13-22)26-9-5-6-10-27(26)30-34-36-37-35-30/h5-10,12-16,18-19H,3-4,11,17,20H2,1-2H3,(H,34,35,36,37). The van der Waals surface area contributed by atoms with Crippen LogP contribution in [0.1, 0.15) is 48.0 Å². The number of aromatic nitrogens is 8. The van der Waals surface area contributed by atoms with Crippen LogP contribution in [0.4, 0.5) is 0 Å². The van der Waals surface area contributed by atoms with E-state index in [9.17, 15) is 5.21 Å². The van der Waals surface area contributed by atoms with Gasteiger partial charge in [-0.25, -0.2) is 9.97 Å². The van der Waals surface area contributed by atoms with E-state index in [4.69, 9.17) is 9.97 Å². The first kappa shape index (κ1) is 25.4. The number of fused-ring (bicyclic) bond motifs is 1. The second-order valence-electron chi connectivity index (χ2n) is 10.0. The summed E-state index contributed by atoms with van der Waals surface area (Å²) < 4.78 is 3.08. The highest BCUT2D eigenvalue weighted by atomic mass is 16.5. The summed E-state index contributed by atoms with van der Waals surface area (Å²) in [7, 11) is 0. The molecule has 2 aromatic carbocycles. The Labute approximate surface area is 232 Å². The lowest BCUT2D eigenvalue weighted by Crippen LogP contribution is -2.24. The Kier molecular flexibility index (Phi) is 7.01.